The quantitative estimate of drug-likeness (QED) is 0.757. The van der Waals surface area contributed by atoms with Crippen LogP contribution in [-0.4, -0.2) is 18.8 Å². The van der Waals surface area contributed by atoms with Gasteiger partial charge in [0.2, 0.25) is 0 Å². The van der Waals surface area contributed by atoms with Crippen LogP contribution >= 0.6 is 0 Å². The predicted molar refractivity (Wildman–Crippen MR) is 89.3 cm³/mol. The largest absolute Gasteiger partial charge is 0.493 e. The lowest BCUT2D eigenvalue weighted by molar-refractivity contribution is 0.132. The third-order valence-electron chi connectivity index (χ3n) is 3.25. The van der Waals surface area contributed by atoms with Crippen molar-refractivity contribution in [3.8, 4) is 18.1 Å². The van der Waals surface area contributed by atoms with E-state index in [1.807, 2.05) is 32.9 Å². The number of carbonyl (C=O) groups excluding carboxylic acids is 1. The van der Waals surface area contributed by atoms with E-state index >= 15 is 0 Å². The van der Waals surface area contributed by atoms with Crippen LogP contribution in [0.25, 0.3) is 0 Å². The maximum absolute atomic E-state index is 11.9. The second-order valence-corrected chi connectivity index (χ2v) is 5.20. The molecule has 1 unspecified atom stereocenters. The lowest BCUT2D eigenvalue weighted by atomic mass is 10.1. The van der Waals surface area contributed by atoms with Gasteiger partial charge in [0, 0.05) is 5.69 Å². The standard InChI is InChI=1S/C18H25NO3/c1-6-9-10-16(7-2)22-18(20)19-15-11-13(4)17(21-8-3)14(5)12-15/h2,11-12,16H,6,8-10H2,1,3-5H3,(H,19,20). The molecule has 0 spiro atoms. The molecule has 0 heterocycles. The minimum absolute atomic E-state index is 0.482. The van der Waals surface area contributed by atoms with Gasteiger partial charge in [-0.2, -0.15) is 0 Å². The van der Waals surface area contributed by atoms with Crippen molar-refractivity contribution in [2.45, 2.75) is 53.1 Å². The molecule has 1 atom stereocenters. The zero-order chi connectivity index (χ0) is 16.5. The van der Waals surface area contributed by atoms with Crippen molar-refractivity contribution in [2.75, 3.05) is 11.9 Å². The van der Waals surface area contributed by atoms with Crippen molar-refractivity contribution >= 4 is 11.8 Å². The molecule has 0 aromatic heterocycles. The van der Waals surface area contributed by atoms with Gasteiger partial charge in [-0.1, -0.05) is 19.3 Å². The Kier molecular flexibility index (Phi) is 7.31. The van der Waals surface area contributed by atoms with Crippen LogP contribution in [0, 0.1) is 26.2 Å². The van der Waals surface area contributed by atoms with Crippen molar-refractivity contribution in [2.24, 2.45) is 0 Å². The summed E-state index contributed by atoms with van der Waals surface area (Å²) < 4.78 is 10.8. The molecule has 0 saturated carbocycles. The van der Waals surface area contributed by atoms with Crippen molar-refractivity contribution in [1.82, 2.24) is 0 Å². The van der Waals surface area contributed by atoms with Crippen LogP contribution in [0.15, 0.2) is 12.1 Å². The fraction of sp³-hybridized carbons (Fsp3) is 0.500. The van der Waals surface area contributed by atoms with E-state index in [0.29, 0.717) is 18.7 Å². The molecule has 1 aromatic carbocycles. The van der Waals surface area contributed by atoms with Crippen LogP contribution in [0.5, 0.6) is 5.75 Å². The number of hydrogen-bond donors (Lipinski definition) is 1. The van der Waals surface area contributed by atoms with E-state index in [1.54, 1.807) is 0 Å². The van der Waals surface area contributed by atoms with Gasteiger partial charge >= 0.3 is 6.09 Å². The Balaban J connectivity index is 2.70. The molecule has 1 N–H and O–H groups in total. The Morgan fingerprint density at radius 1 is 1.32 bits per heavy atom. The molecule has 1 amide bonds. The van der Waals surface area contributed by atoms with Gasteiger partial charge in [-0.3, -0.25) is 5.32 Å². The summed E-state index contributed by atoms with van der Waals surface area (Å²) in [6.45, 7) is 8.51. The summed E-state index contributed by atoms with van der Waals surface area (Å²) in [5.41, 5.74) is 2.61. The highest BCUT2D eigenvalue weighted by Gasteiger charge is 2.13. The number of nitrogens with one attached hydrogen (secondary N) is 1. The van der Waals surface area contributed by atoms with Gasteiger partial charge in [0.05, 0.1) is 6.61 Å². The maximum atomic E-state index is 11.9. The Bertz CT molecular complexity index is 523. The van der Waals surface area contributed by atoms with Crippen LogP contribution in [0.2, 0.25) is 0 Å². The highest BCUT2D eigenvalue weighted by molar-refractivity contribution is 5.85. The lowest BCUT2D eigenvalue weighted by Crippen LogP contribution is -2.21. The summed E-state index contributed by atoms with van der Waals surface area (Å²) in [4.78, 5) is 11.9. The Labute approximate surface area is 133 Å². The molecule has 120 valence electrons. The smallest absolute Gasteiger partial charge is 0.412 e. The Morgan fingerprint density at radius 2 is 1.95 bits per heavy atom. The van der Waals surface area contributed by atoms with Crippen LogP contribution in [0.3, 0.4) is 0 Å². The van der Waals surface area contributed by atoms with Crippen molar-refractivity contribution < 1.29 is 14.3 Å². The molecule has 0 radical (unpaired) electrons. The molecule has 0 aliphatic heterocycles. The molecule has 0 fully saturated rings. The lowest BCUT2D eigenvalue weighted by Gasteiger charge is -2.15. The van der Waals surface area contributed by atoms with Gasteiger partial charge in [-0.15, -0.1) is 6.42 Å². The molecular formula is C18H25NO3. The average Bonchev–Trinajstić information content (AvgIpc) is 2.47. The minimum atomic E-state index is -0.526. The van der Waals surface area contributed by atoms with E-state index in [-0.39, 0.29) is 0 Å². The molecule has 0 saturated heterocycles. The molecular weight excluding hydrogens is 278 g/mol. The number of hydrogen-bond acceptors (Lipinski definition) is 3. The fourth-order valence-electron chi connectivity index (χ4n) is 2.24. The first kappa shape index (κ1) is 17.9. The number of unbranched alkanes of at least 4 members (excludes halogenated alkanes) is 1. The number of anilines is 1. The van der Waals surface area contributed by atoms with Crippen LogP contribution in [0.4, 0.5) is 10.5 Å². The normalized spacial score (nSPS) is 11.4. The zero-order valence-electron chi connectivity index (χ0n) is 13.9. The third-order valence-corrected chi connectivity index (χ3v) is 3.25. The third kappa shape index (κ3) is 5.33. The fourth-order valence-corrected chi connectivity index (χ4v) is 2.24. The summed E-state index contributed by atoms with van der Waals surface area (Å²) in [6.07, 6.45) is 7.01. The molecule has 4 nitrogen and oxygen atoms in total. The number of rotatable bonds is 7. The van der Waals surface area contributed by atoms with Gasteiger partial charge in [0.25, 0.3) is 0 Å². The molecule has 0 aliphatic rings. The van der Waals surface area contributed by atoms with Crippen molar-refractivity contribution in [3.05, 3.63) is 23.3 Å². The van der Waals surface area contributed by atoms with E-state index in [4.69, 9.17) is 15.9 Å². The van der Waals surface area contributed by atoms with Crippen LogP contribution in [0.1, 0.15) is 44.2 Å². The predicted octanol–water partition coefficient (Wildman–Crippen LogP) is 4.44. The van der Waals surface area contributed by atoms with E-state index in [9.17, 15) is 4.79 Å². The monoisotopic (exact) mass is 303 g/mol. The van der Waals surface area contributed by atoms with Gasteiger partial charge < -0.3 is 9.47 Å². The van der Waals surface area contributed by atoms with E-state index in [0.717, 1.165) is 29.7 Å². The molecule has 1 rings (SSSR count). The summed E-state index contributed by atoms with van der Waals surface area (Å²) in [5, 5.41) is 2.72. The molecule has 22 heavy (non-hydrogen) atoms. The van der Waals surface area contributed by atoms with Gasteiger partial charge in [-0.05, 0) is 56.9 Å². The number of amides is 1. The molecule has 0 aliphatic carbocycles. The van der Waals surface area contributed by atoms with E-state index < -0.39 is 12.2 Å². The SMILES string of the molecule is C#CC(CCCC)OC(=O)Nc1cc(C)c(OCC)c(C)c1. The van der Waals surface area contributed by atoms with Gasteiger partial charge in [-0.25, -0.2) is 4.79 Å². The topological polar surface area (TPSA) is 47.6 Å². The second-order valence-electron chi connectivity index (χ2n) is 5.20. The van der Waals surface area contributed by atoms with Crippen LogP contribution < -0.4 is 10.1 Å². The highest BCUT2D eigenvalue weighted by atomic mass is 16.6. The Morgan fingerprint density at radius 3 is 2.45 bits per heavy atom. The molecule has 4 heteroatoms. The van der Waals surface area contributed by atoms with Crippen molar-refractivity contribution in [1.29, 1.82) is 0 Å². The van der Waals surface area contributed by atoms with Crippen molar-refractivity contribution in [3.63, 3.8) is 0 Å². The number of ether oxygens (including phenoxy) is 2. The summed E-state index contributed by atoms with van der Waals surface area (Å²) in [7, 11) is 0. The van der Waals surface area contributed by atoms with Gasteiger partial charge in [0.1, 0.15) is 5.75 Å². The van der Waals surface area contributed by atoms with E-state index in [1.165, 1.54) is 0 Å². The molecule has 0 bridgehead atoms. The first-order valence-corrected chi connectivity index (χ1v) is 7.69. The van der Waals surface area contributed by atoms with Gasteiger partial charge in [0.15, 0.2) is 6.10 Å². The number of carbonyl (C=O) groups is 1. The first-order chi connectivity index (χ1) is 10.5. The molecule has 1 aromatic rings. The number of benzene rings is 1. The summed E-state index contributed by atoms with van der Waals surface area (Å²) >= 11 is 0. The average molecular weight is 303 g/mol. The zero-order valence-corrected chi connectivity index (χ0v) is 13.9. The first-order valence-electron chi connectivity index (χ1n) is 7.69. The summed E-state index contributed by atoms with van der Waals surface area (Å²) in [6, 6.07) is 3.71. The number of aryl methyl sites for hydroxylation is 2. The minimum Gasteiger partial charge on any atom is -0.493 e. The number of terminal acetylenes is 1. The maximum Gasteiger partial charge on any atom is 0.412 e. The highest BCUT2D eigenvalue weighted by Crippen LogP contribution is 2.27. The Hall–Kier alpha value is -2.15. The van der Waals surface area contributed by atoms with E-state index in [2.05, 4.69) is 18.2 Å². The second kappa shape index (κ2) is 8.99. The van der Waals surface area contributed by atoms with Crippen LogP contribution in [-0.2, 0) is 4.74 Å². The summed E-state index contributed by atoms with van der Waals surface area (Å²) in [5.74, 6) is 3.35.